The predicted molar refractivity (Wildman–Crippen MR) is 155 cm³/mol. The largest absolute Gasteiger partial charge is 0.481 e. The molecular weight excluding hydrogens is 576 g/mol. The number of carbonyl (C=O) groups is 4. The lowest BCUT2D eigenvalue weighted by molar-refractivity contribution is -0.139. The molecule has 15 heteroatoms. The lowest BCUT2D eigenvalue weighted by Crippen LogP contribution is -2.32. The van der Waals surface area contributed by atoms with Gasteiger partial charge in [0.1, 0.15) is 0 Å². The van der Waals surface area contributed by atoms with Crippen LogP contribution >= 0.6 is 0 Å². The number of rotatable bonds is 14. The van der Waals surface area contributed by atoms with Gasteiger partial charge in [0.05, 0.1) is 56.9 Å². The van der Waals surface area contributed by atoms with Crippen molar-refractivity contribution in [2.45, 2.75) is 65.9 Å². The van der Waals surface area contributed by atoms with Crippen molar-refractivity contribution in [1.82, 2.24) is 0 Å². The topological polar surface area (TPSA) is 291 Å². The number of carboxylic acids is 4. The van der Waals surface area contributed by atoms with E-state index in [4.69, 9.17) is 56.2 Å². The second kappa shape index (κ2) is 27.6. The minimum Gasteiger partial charge on any atom is -0.481 e. The van der Waals surface area contributed by atoms with Crippen LogP contribution in [-0.2, 0) is 9.59 Å². The van der Waals surface area contributed by atoms with E-state index in [-0.39, 0.29) is 69.0 Å². The van der Waals surface area contributed by atoms with Gasteiger partial charge in [-0.25, -0.2) is 9.59 Å². The van der Waals surface area contributed by atoms with Crippen LogP contribution < -0.4 is 0 Å². The molecule has 0 aliphatic heterocycles. The standard InChI is InChI=1S/C8H6O4.C6H10O4.C6H14O3.C5H12O2.C3H8O2/c9-7(10)5-2-1-3-6(4-5)8(11)12;7-5(8)3-1-2-4-6(9)10;1-2-6(3-7,4-8)5-9;1-5(2,3-6)4-7;1-3(5)2-4/h1-4H,(H,9,10)(H,11,12);1-4H2,(H,7,8)(H,9,10);7-9H,2-5H2,1H3;6-7H,3-4H2,1-2H3;3-5H,2H2,1H3. The summed E-state index contributed by atoms with van der Waals surface area (Å²) in [4.78, 5) is 40.6. The Bertz CT molecular complexity index is 812. The summed E-state index contributed by atoms with van der Waals surface area (Å²) in [7, 11) is 0. The van der Waals surface area contributed by atoms with Crippen LogP contribution in [0.25, 0.3) is 0 Å². The molecule has 0 bridgehead atoms. The number of aliphatic hydroxyl groups excluding tert-OH is 7. The second-order valence-electron chi connectivity index (χ2n) is 10.0. The molecule has 0 saturated heterocycles. The lowest BCUT2D eigenvalue weighted by atomic mass is 9.88. The molecule has 1 aromatic carbocycles. The van der Waals surface area contributed by atoms with E-state index in [1.165, 1.54) is 25.1 Å². The van der Waals surface area contributed by atoms with Gasteiger partial charge in [0.15, 0.2) is 0 Å². The molecule has 0 saturated carbocycles. The Morgan fingerprint density at radius 3 is 1.16 bits per heavy atom. The molecular formula is C28H50O15. The van der Waals surface area contributed by atoms with Crippen molar-refractivity contribution in [3.63, 3.8) is 0 Å². The van der Waals surface area contributed by atoms with Crippen LogP contribution in [-0.4, -0.2) is 126 Å². The minimum atomic E-state index is -1.13. The van der Waals surface area contributed by atoms with Crippen molar-refractivity contribution < 1.29 is 75.3 Å². The highest BCUT2D eigenvalue weighted by Crippen LogP contribution is 2.18. The van der Waals surface area contributed by atoms with Gasteiger partial charge in [-0.05, 0) is 44.4 Å². The molecule has 1 aromatic rings. The van der Waals surface area contributed by atoms with Gasteiger partial charge in [-0.1, -0.05) is 26.8 Å². The molecule has 252 valence electrons. The Morgan fingerprint density at radius 1 is 0.698 bits per heavy atom. The van der Waals surface area contributed by atoms with Crippen LogP contribution in [0.2, 0.25) is 0 Å². The fourth-order valence-corrected chi connectivity index (χ4v) is 1.87. The van der Waals surface area contributed by atoms with E-state index in [1.807, 2.05) is 6.92 Å². The van der Waals surface area contributed by atoms with Crippen molar-refractivity contribution in [2.75, 3.05) is 39.6 Å². The monoisotopic (exact) mass is 626 g/mol. The first kappa shape index (κ1) is 46.8. The smallest absolute Gasteiger partial charge is 0.335 e. The van der Waals surface area contributed by atoms with Gasteiger partial charge in [-0.15, -0.1) is 0 Å². The Hall–Kier alpha value is -3.18. The zero-order valence-corrected chi connectivity index (χ0v) is 25.2. The fourth-order valence-electron chi connectivity index (χ4n) is 1.87. The lowest BCUT2D eigenvalue weighted by Gasteiger charge is -2.24. The fraction of sp³-hybridized carbons (Fsp3) is 0.643. The van der Waals surface area contributed by atoms with Crippen molar-refractivity contribution in [3.8, 4) is 0 Å². The van der Waals surface area contributed by atoms with E-state index < -0.39 is 35.4 Å². The van der Waals surface area contributed by atoms with E-state index in [0.717, 1.165) is 6.07 Å². The number of carboxylic acid groups (broad SMARTS) is 4. The summed E-state index contributed by atoms with van der Waals surface area (Å²) in [6.45, 7) is 6.43. The van der Waals surface area contributed by atoms with Gasteiger partial charge in [-0.3, -0.25) is 9.59 Å². The van der Waals surface area contributed by atoms with Crippen LogP contribution in [0.3, 0.4) is 0 Å². The maximum atomic E-state index is 10.4. The van der Waals surface area contributed by atoms with E-state index in [2.05, 4.69) is 0 Å². The maximum absolute atomic E-state index is 10.4. The zero-order valence-electron chi connectivity index (χ0n) is 25.2. The first-order chi connectivity index (χ1) is 19.9. The summed E-state index contributed by atoms with van der Waals surface area (Å²) in [6.07, 6.45) is 1.05. The highest BCUT2D eigenvalue weighted by atomic mass is 16.4. The van der Waals surface area contributed by atoms with E-state index in [0.29, 0.717) is 19.3 Å². The van der Waals surface area contributed by atoms with Crippen LogP contribution in [0.1, 0.15) is 80.5 Å². The number of benzene rings is 1. The van der Waals surface area contributed by atoms with Crippen molar-refractivity contribution in [2.24, 2.45) is 10.8 Å². The quantitative estimate of drug-likeness (QED) is 0.125. The maximum Gasteiger partial charge on any atom is 0.335 e. The molecule has 0 spiro atoms. The number of hydrogen-bond donors (Lipinski definition) is 11. The summed E-state index contributed by atoms with van der Waals surface area (Å²) >= 11 is 0. The van der Waals surface area contributed by atoms with Gasteiger partial charge in [0.2, 0.25) is 0 Å². The molecule has 0 aliphatic rings. The Balaban J connectivity index is -0.000000228. The number of hydrogen-bond acceptors (Lipinski definition) is 11. The van der Waals surface area contributed by atoms with Crippen LogP contribution in [0, 0.1) is 10.8 Å². The van der Waals surface area contributed by atoms with Crippen LogP contribution in [0.5, 0.6) is 0 Å². The normalized spacial score (nSPS) is 11.0. The third-order valence-electron chi connectivity index (χ3n) is 5.26. The van der Waals surface area contributed by atoms with Gasteiger partial charge in [-0.2, -0.15) is 0 Å². The minimum absolute atomic E-state index is 0.0186. The highest BCUT2D eigenvalue weighted by molar-refractivity contribution is 5.93. The predicted octanol–water partition coefficient (Wildman–Crippen LogP) is 0.515. The van der Waals surface area contributed by atoms with Crippen LogP contribution in [0.4, 0.5) is 0 Å². The molecule has 15 nitrogen and oxygen atoms in total. The van der Waals surface area contributed by atoms with Gasteiger partial charge in [0, 0.05) is 23.7 Å². The molecule has 0 aliphatic carbocycles. The first-order valence-electron chi connectivity index (χ1n) is 13.2. The zero-order chi connectivity index (χ0) is 34.6. The molecule has 1 rings (SSSR count). The SMILES string of the molecule is CC(C)(CO)CO.CC(O)CO.CCC(CO)(CO)CO.O=C(O)CCCCC(=O)O.O=C(O)c1cccc(C(=O)O)c1. The first-order valence-corrected chi connectivity index (χ1v) is 13.2. The van der Waals surface area contributed by atoms with Crippen molar-refractivity contribution >= 4 is 23.9 Å². The average Bonchev–Trinajstić information content (AvgIpc) is 2.98. The summed E-state index contributed by atoms with van der Waals surface area (Å²) in [5.41, 5.74) is -1.01. The molecule has 43 heavy (non-hydrogen) atoms. The molecule has 0 aromatic heterocycles. The van der Waals surface area contributed by atoms with Gasteiger partial charge < -0.3 is 56.2 Å². The number of aliphatic hydroxyl groups is 7. The average molecular weight is 627 g/mol. The molecule has 0 amide bonds. The van der Waals surface area contributed by atoms with E-state index in [1.54, 1.807) is 13.8 Å². The molecule has 0 radical (unpaired) electrons. The highest BCUT2D eigenvalue weighted by Gasteiger charge is 2.24. The Morgan fingerprint density at radius 2 is 1.02 bits per heavy atom. The summed E-state index contributed by atoms with van der Waals surface area (Å²) in [5, 5.41) is 92.1. The molecule has 0 heterocycles. The summed E-state index contributed by atoms with van der Waals surface area (Å²) < 4.78 is 0. The molecule has 11 N–H and O–H groups in total. The Labute approximate surface area is 251 Å². The van der Waals surface area contributed by atoms with Crippen molar-refractivity contribution in [1.29, 1.82) is 0 Å². The third kappa shape index (κ3) is 30.1. The van der Waals surface area contributed by atoms with Crippen molar-refractivity contribution in [3.05, 3.63) is 35.4 Å². The number of aliphatic carboxylic acids is 2. The van der Waals surface area contributed by atoms with Crippen LogP contribution in [0.15, 0.2) is 24.3 Å². The second-order valence-corrected chi connectivity index (χ2v) is 10.0. The third-order valence-corrected chi connectivity index (χ3v) is 5.26. The number of aromatic carboxylic acids is 2. The number of unbranched alkanes of at least 4 members (excludes halogenated alkanes) is 1. The summed E-state index contributed by atoms with van der Waals surface area (Å²) in [5.74, 6) is -3.99. The van der Waals surface area contributed by atoms with E-state index >= 15 is 0 Å². The molecule has 0 fully saturated rings. The van der Waals surface area contributed by atoms with E-state index in [9.17, 15) is 19.2 Å². The molecule has 1 atom stereocenters. The molecule has 1 unspecified atom stereocenters. The van der Waals surface area contributed by atoms with Gasteiger partial charge >= 0.3 is 23.9 Å². The van der Waals surface area contributed by atoms with Gasteiger partial charge in [0.25, 0.3) is 0 Å². The summed E-state index contributed by atoms with van der Waals surface area (Å²) in [6, 6.07) is 5.20. The Kier molecular flexibility index (Phi) is 30.1.